The molecule has 60 valence electrons. The van der Waals surface area contributed by atoms with Crippen molar-refractivity contribution in [2.24, 2.45) is 0 Å². The highest BCUT2D eigenvalue weighted by Gasteiger charge is 2.03. The summed E-state index contributed by atoms with van der Waals surface area (Å²) >= 11 is 4.10. The van der Waals surface area contributed by atoms with Gasteiger partial charge >= 0.3 is 0 Å². The Hall–Kier alpha value is -0.670. The molecule has 1 aromatic carbocycles. The summed E-state index contributed by atoms with van der Waals surface area (Å²) in [5.41, 5.74) is 1.26. The zero-order valence-electron chi connectivity index (χ0n) is 6.20. The third-order valence-electron chi connectivity index (χ3n) is 1.53. The third kappa shape index (κ3) is 1.67. The number of rotatable bonds is 1. The van der Waals surface area contributed by atoms with Crippen molar-refractivity contribution in [3.05, 3.63) is 23.3 Å². The Kier molecular flexibility index (Phi) is 2.42. The fourth-order valence-corrected chi connectivity index (χ4v) is 1.30. The summed E-state index contributed by atoms with van der Waals surface area (Å²) in [4.78, 5) is 0.754. The molecule has 2 N–H and O–H groups in total. The summed E-state index contributed by atoms with van der Waals surface area (Å²) in [6.07, 6.45) is 0. The molecule has 1 aromatic rings. The Bertz CT molecular complexity index is 271. The smallest absolute Gasteiger partial charge is 0.124 e. The number of benzene rings is 1. The van der Waals surface area contributed by atoms with Gasteiger partial charge in [0.05, 0.1) is 6.61 Å². The lowest BCUT2D eigenvalue weighted by Gasteiger charge is -2.04. The molecule has 0 saturated carbocycles. The zero-order valence-corrected chi connectivity index (χ0v) is 7.10. The van der Waals surface area contributed by atoms with Crippen molar-refractivity contribution in [3.63, 3.8) is 0 Å². The Morgan fingerprint density at radius 2 is 2.09 bits per heavy atom. The molecule has 0 aromatic heterocycles. The Morgan fingerprint density at radius 3 is 2.64 bits per heavy atom. The van der Waals surface area contributed by atoms with E-state index in [0.717, 1.165) is 10.5 Å². The maximum Gasteiger partial charge on any atom is 0.124 e. The molecule has 0 aliphatic carbocycles. The van der Waals surface area contributed by atoms with E-state index in [1.165, 1.54) is 0 Å². The molecular formula is C8H10O2S. The first-order valence-corrected chi connectivity index (χ1v) is 3.72. The summed E-state index contributed by atoms with van der Waals surface area (Å²) in [5, 5.41) is 18.1. The van der Waals surface area contributed by atoms with Crippen LogP contribution in [0.15, 0.2) is 17.0 Å². The first-order valence-electron chi connectivity index (χ1n) is 3.27. The number of aromatic hydroxyl groups is 1. The van der Waals surface area contributed by atoms with E-state index in [-0.39, 0.29) is 12.4 Å². The maximum atomic E-state index is 9.33. The number of hydrogen-bond acceptors (Lipinski definition) is 3. The second kappa shape index (κ2) is 3.15. The van der Waals surface area contributed by atoms with Crippen LogP contribution in [-0.4, -0.2) is 10.2 Å². The highest BCUT2D eigenvalue weighted by molar-refractivity contribution is 7.80. The lowest BCUT2D eigenvalue weighted by Crippen LogP contribution is -1.87. The van der Waals surface area contributed by atoms with Crippen molar-refractivity contribution >= 4 is 12.6 Å². The number of phenols is 1. The minimum atomic E-state index is -0.152. The molecule has 0 unspecified atom stereocenters. The van der Waals surface area contributed by atoms with Crippen LogP contribution in [0.1, 0.15) is 11.1 Å². The molecule has 1 rings (SSSR count). The molecule has 3 heteroatoms. The molecule has 0 spiro atoms. The first kappa shape index (κ1) is 8.43. The van der Waals surface area contributed by atoms with Gasteiger partial charge in [0.1, 0.15) is 5.75 Å². The molecule has 0 fully saturated rings. The van der Waals surface area contributed by atoms with Crippen LogP contribution in [0.3, 0.4) is 0 Å². The van der Waals surface area contributed by atoms with Crippen LogP contribution >= 0.6 is 12.6 Å². The normalized spacial score (nSPS) is 10.1. The number of thiol groups is 1. The van der Waals surface area contributed by atoms with Crippen LogP contribution in [0.4, 0.5) is 0 Å². The minimum absolute atomic E-state index is 0.152. The number of aliphatic hydroxyl groups excluding tert-OH is 1. The third-order valence-corrected chi connectivity index (χ3v) is 1.79. The lowest BCUT2D eigenvalue weighted by molar-refractivity contribution is 0.275. The van der Waals surface area contributed by atoms with Gasteiger partial charge in [-0.05, 0) is 24.6 Å². The zero-order chi connectivity index (χ0) is 8.43. The van der Waals surface area contributed by atoms with E-state index >= 15 is 0 Å². The van der Waals surface area contributed by atoms with Crippen molar-refractivity contribution in [2.75, 3.05) is 0 Å². The average molecular weight is 170 g/mol. The van der Waals surface area contributed by atoms with Gasteiger partial charge in [0.25, 0.3) is 0 Å². The van der Waals surface area contributed by atoms with Gasteiger partial charge in [-0.25, -0.2) is 0 Å². The van der Waals surface area contributed by atoms with Crippen LogP contribution in [0.5, 0.6) is 5.75 Å². The Balaban J connectivity index is 3.24. The first-order chi connectivity index (χ1) is 5.15. The standard InChI is InChI=1S/C8H10O2S/c1-5-2-7(11)3-6(4-9)8(5)10/h2-3,9-11H,4H2,1H3. The monoisotopic (exact) mass is 170 g/mol. The highest BCUT2D eigenvalue weighted by Crippen LogP contribution is 2.25. The lowest BCUT2D eigenvalue weighted by atomic mass is 10.1. The number of aryl methyl sites for hydroxylation is 1. The van der Waals surface area contributed by atoms with Gasteiger partial charge in [-0.15, -0.1) is 12.6 Å². The van der Waals surface area contributed by atoms with Crippen LogP contribution in [-0.2, 0) is 6.61 Å². The van der Waals surface area contributed by atoms with Crippen LogP contribution in [0, 0.1) is 6.92 Å². The quantitative estimate of drug-likeness (QED) is 0.559. The maximum absolute atomic E-state index is 9.33. The summed E-state index contributed by atoms with van der Waals surface area (Å²) < 4.78 is 0. The van der Waals surface area contributed by atoms with Gasteiger partial charge in [-0.3, -0.25) is 0 Å². The second-order valence-corrected chi connectivity index (χ2v) is 2.94. The predicted molar refractivity (Wildman–Crippen MR) is 46.0 cm³/mol. The van der Waals surface area contributed by atoms with Crippen molar-refractivity contribution < 1.29 is 10.2 Å². The van der Waals surface area contributed by atoms with Crippen LogP contribution < -0.4 is 0 Å². The molecule has 0 aliphatic heterocycles. The minimum Gasteiger partial charge on any atom is -0.507 e. The molecule has 0 bridgehead atoms. The van der Waals surface area contributed by atoms with Crippen molar-refractivity contribution in [1.82, 2.24) is 0 Å². The van der Waals surface area contributed by atoms with Crippen molar-refractivity contribution in [2.45, 2.75) is 18.4 Å². The Morgan fingerprint density at radius 1 is 1.45 bits per heavy atom. The van der Waals surface area contributed by atoms with Crippen molar-refractivity contribution in [3.8, 4) is 5.75 Å². The summed E-state index contributed by atoms with van der Waals surface area (Å²) in [5.74, 6) is 0.158. The SMILES string of the molecule is Cc1cc(S)cc(CO)c1O. The van der Waals surface area contributed by atoms with E-state index < -0.39 is 0 Å². The highest BCUT2D eigenvalue weighted by atomic mass is 32.1. The largest absolute Gasteiger partial charge is 0.507 e. The Labute approximate surface area is 70.9 Å². The molecule has 0 aliphatic rings. The van der Waals surface area contributed by atoms with E-state index in [4.69, 9.17) is 5.11 Å². The van der Waals surface area contributed by atoms with Crippen LogP contribution in [0.2, 0.25) is 0 Å². The molecular weight excluding hydrogens is 160 g/mol. The summed E-state index contributed by atoms with van der Waals surface area (Å²) in [7, 11) is 0. The molecule has 0 amide bonds. The van der Waals surface area contributed by atoms with Crippen LogP contribution in [0.25, 0.3) is 0 Å². The molecule has 0 radical (unpaired) electrons. The van der Waals surface area contributed by atoms with Gasteiger partial charge in [0.2, 0.25) is 0 Å². The molecule has 2 nitrogen and oxygen atoms in total. The van der Waals surface area contributed by atoms with E-state index in [1.54, 1.807) is 19.1 Å². The van der Waals surface area contributed by atoms with E-state index in [2.05, 4.69) is 12.6 Å². The van der Waals surface area contributed by atoms with Gasteiger partial charge in [0, 0.05) is 10.5 Å². The number of hydrogen-bond donors (Lipinski definition) is 3. The van der Waals surface area contributed by atoms with Gasteiger partial charge < -0.3 is 10.2 Å². The van der Waals surface area contributed by atoms with E-state index in [0.29, 0.717) is 5.56 Å². The average Bonchev–Trinajstić information content (AvgIpc) is 1.96. The molecule has 0 atom stereocenters. The van der Waals surface area contributed by atoms with E-state index in [1.807, 2.05) is 0 Å². The number of aliphatic hydroxyl groups is 1. The van der Waals surface area contributed by atoms with Gasteiger partial charge in [0.15, 0.2) is 0 Å². The predicted octanol–water partition coefficient (Wildman–Crippen LogP) is 1.48. The van der Waals surface area contributed by atoms with Gasteiger partial charge in [-0.2, -0.15) is 0 Å². The van der Waals surface area contributed by atoms with Crippen molar-refractivity contribution in [1.29, 1.82) is 0 Å². The topological polar surface area (TPSA) is 40.5 Å². The fraction of sp³-hybridized carbons (Fsp3) is 0.250. The van der Waals surface area contributed by atoms with E-state index in [9.17, 15) is 5.11 Å². The van der Waals surface area contributed by atoms with Gasteiger partial charge in [-0.1, -0.05) is 0 Å². The fourth-order valence-electron chi connectivity index (χ4n) is 0.953. The molecule has 11 heavy (non-hydrogen) atoms. The summed E-state index contributed by atoms with van der Waals surface area (Å²) in [6, 6.07) is 3.39. The molecule has 0 heterocycles. The summed E-state index contributed by atoms with van der Waals surface area (Å²) in [6.45, 7) is 1.62. The second-order valence-electron chi connectivity index (χ2n) is 2.43. The molecule has 0 saturated heterocycles.